The van der Waals surface area contributed by atoms with E-state index in [-0.39, 0.29) is 19.8 Å². The number of ether oxygens (including phenoxy) is 3. The molecule has 0 aromatic heterocycles. The van der Waals surface area contributed by atoms with E-state index in [4.69, 9.17) is 29.0 Å². The lowest BCUT2D eigenvalue weighted by Gasteiger charge is -2.01. The minimum absolute atomic E-state index is 0.0417. The number of rotatable bonds is 16. The zero-order chi connectivity index (χ0) is 21.2. The first-order valence-electron chi connectivity index (χ1n) is 9.46. The van der Waals surface area contributed by atoms with E-state index in [2.05, 4.69) is 11.1 Å². The van der Waals surface area contributed by atoms with Gasteiger partial charge in [0.1, 0.15) is 0 Å². The summed E-state index contributed by atoms with van der Waals surface area (Å²) in [5.74, 6) is 0. The summed E-state index contributed by atoms with van der Waals surface area (Å²) in [5, 5.41) is 16.5. The third-order valence-corrected chi connectivity index (χ3v) is 3.20. The smallest absolute Gasteiger partial charge is 0.394 e. The lowest BCUT2D eigenvalue weighted by molar-refractivity contribution is 0.0222. The Hall–Kier alpha value is -0.330. The molecule has 0 heterocycles. The van der Waals surface area contributed by atoms with Crippen molar-refractivity contribution in [3.63, 3.8) is 0 Å². The van der Waals surface area contributed by atoms with E-state index < -0.39 is 10.4 Å². The third kappa shape index (κ3) is 46.1. The molecule has 0 aliphatic carbocycles. The molecule has 0 aliphatic heterocycles. The Bertz CT molecular complexity index is 327. The first-order valence-corrected chi connectivity index (χ1v) is 10.8. The molecule has 168 valence electrons. The van der Waals surface area contributed by atoms with Crippen molar-refractivity contribution >= 4 is 10.4 Å². The van der Waals surface area contributed by atoms with Gasteiger partial charge in [-0.3, -0.25) is 4.55 Å². The van der Waals surface area contributed by atoms with Gasteiger partial charge in [0.2, 0.25) is 0 Å². The van der Waals surface area contributed by atoms with Gasteiger partial charge in [0, 0.05) is 13.2 Å². The van der Waals surface area contributed by atoms with E-state index in [9.17, 15) is 8.42 Å². The molecule has 27 heavy (non-hydrogen) atoms. The monoisotopic (exact) mass is 420 g/mol. The van der Waals surface area contributed by atoms with Crippen molar-refractivity contribution < 1.29 is 41.6 Å². The van der Waals surface area contributed by atoms with Crippen LogP contribution in [0.3, 0.4) is 0 Å². The summed E-state index contributed by atoms with van der Waals surface area (Å²) in [6.07, 6.45) is 5.03. The SMILES string of the molecule is CCCCCCCOS(=O)(=O)O.CCOCC.OCCOCCOCCO. The lowest BCUT2D eigenvalue weighted by Crippen LogP contribution is -2.09. The average molecular weight is 421 g/mol. The highest BCUT2D eigenvalue weighted by atomic mass is 32.3. The van der Waals surface area contributed by atoms with Crippen molar-refractivity contribution in [2.45, 2.75) is 52.9 Å². The van der Waals surface area contributed by atoms with Crippen LogP contribution < -0.4 is 0 Å². The molecule has 0 aromatic rings. The lowest BCUT2D eigenvalue weighted by atomic mass is 10.2. The fourth-order valence-electron chi connectivity index (χ4n) is 1.53. The van der Waals surface area contributed by atoms with Crippen molar-refractivity contribution in [3.8, 4) is 0 Å². The molecule has 0 radical (unpaired) electrons. The van der Waals surface area contributed by atoms with Gasteiger partial charge >= 0.3 is 10.4 Å². The van der Waals surface area contributed by atoms with Crippen LogP contribution in [0.25, 0.3) is 0 Å². The van der Waals surface area contributed by atoms with E-state index in [1.165, 1.54) is 0 Å². The maximum Gasteiger partial charge on any atom is 0.397 e. The second-order valence-electron chi connectivity index (χ2n) is 5.12. The maximum atomic E-state index is 10.1. The summed E-state index contributed by atoms with van der Waals surface area (Å²) in [5.41, 5.74) is 0. The molecule has 0 atom stereocenters. The first-order chi connectivity index (χ1) is 12.9. The quantitative estimate of drug-likeness (QED) is 0.253. The minimum atomic E-state index is -4.22. The molecule has 3 N–H and O–H groups in total. The van der Waals surface area contributed by atoms with E-state index in [0.29, 0.717) is 32.8 Å². The summed E-state index contributed by atoms with van der Waals surface area (Å²) >= 11 is 0. The first kappa shape index (κ1) is 31.4. The van der Waals surface area contributed by atoms with Crippen LogP contribution >= 0.6 is 0 Å². The number of unbranched alkanes of at least 4 members (excludes halogenated alkanes) is 4. The van der Waals surface area contributed by atoms with E-state index in [1.54, 1.807) is 0 Å². The van der Waals surface area contributed by atoms with Crippen LogP contribution in [0.2, 0.25) is 0 Å². The van der Waals surface area contributed by atoms with Crippen LogP contribution in [0.5, 0.6) is 0 Å². The standard InChI is InChI=1S/C7H16O4S.C6H14O4.C4H10O/c1-2-3-4-5-6-7-11-12(8,9)10;7-1-3-9-5-6-10-4-2-8;1-3-5-4-2/h2-7H2,1H3,(H,8,9,10);7-8H,1-6H2;3-4H2,1-2H3. The minimum Gasteiger partial charge on any atom is -0.394 e. The van der Waals surface area contributed by atoms with Crippen LogP contribution in [0.1, 0.15) is 52.9 Å². The maximum absolute atomic E-state index is 10.1. The Morgan fingerprint density at radius 3 is 1.48 bits per heavy atom. The second kappa shape index (κ2) is 27.9. The molecule has 0 amide bonds. The molecule has 0 unspecified atom stereocenters. The zero-order valence-corrected chi connectivity index (χ0v) is 17.9. The highest BCUT2D eigenvalue weighted by Crippen LogP contribution is 2.02. The molecule has 9 nitrogen and oxygen atoms in total. The van der Waals surface area contributed by atoms with Gasteiger partial charge in [-0.2, -0.15) is 8.42 Å². The Labute approximate surface area is 164 Å². The summed E-state index contributed by atoms with van der Waals surface area (Å²) in [6, 6.07) is 0. The number of aliphatic hydroxyl groups is 2. The zero-order valence-electron chi connectivity index (χ0n) is 17.1. The molecule has 0 bridgehead atoms. The summed E-state index contributed by atoms with van der Waals surface area (Å²) in [6.45, 7) is 9.59. The molecule has 0 saturated carbocycles. The van der Waals surface area contributed by atoms with Crippen LogP contribution in [0, 0.1) is 0 Å². The van der Waals surface area contributed by atoms with Crippen molar-refractivity contribution in [2.75, 3.05) is 59.5 Å². The van der Waals surface area contributed by atoms with Gasteiger partial charge < -0.3 is 24.4 Å². The van der Waals surface area contributed by atoms with Gasteiger partial charge in [0.15, 0.2) is 0 Å². The number of hydrogen-bond donors (Lipinski definition) is 3. The summed E-state index contributed by atoms with van der Waals surface area (Å²) in [4.78, 5) is 0. The van der Waals surface area contributed by atoms with E-state index >= 15 is 0 Å². The normalized spacial score (nSPS) is 10.6. The molecular weight excluding hydrogens is 380 g/mol. The molecule has 0 spiro atoms. The fraction of sp³-hybridized carbons (Fsp3) is 1.00. The number of hydrogen-bond acceptors (Lipinski definition) is 8. The highest BCUT2D eigenvalue weighted by molar-refractivity contribution is 7.80. The summed E-state index contributed by atoms with van der Waals surface area (Å²) in [7, 11) is -4.22. The van der Waals surface area contributed by atoms with Crippen molar-refractivity contribution in [3.05, 3.63) is 0 Å². The van der Waals surface area contributed by atoms with Gasteiger partial charge in [-0.05, 0) is 20.3 Å². The van der Waals surface area contributed by atoms with Gasteiger partial charge in [-0.1, -0.05) is 32.6 Å². The Kier molecular flexibility index (Phi) is 32.4. The fourth-order valence-corrected chi connectivity index (χ4v) is 1.85. The summed E-state index contributed by atoms with van der Waals surface area (Å²) < 4.78 is 47.0. The molecule has 0 saturated heterocycles. The van der Waals surface area contributed by atoms with Crippen LogP contribution in [0.4, 0.5) is 0 Å². The largest absolute Gasteiger partial charge is 0.397 e. The molecule has 0 rings (SSSR count). The van der Waals surface area contributed by atoms with Crippen molar-refractivity contribution in [1.82, 2.24) is 0 Å². The topological polar surface area (TPSA) is 132 Å². The number of aliphatic hydroxyl groups excluding tert-OH is 2. The molecular formula is C17H40O9S. The van der Waals surface area contributed by atoms with Crippen molar-refractivity contribution in [2.24, 2.45) is 0 Å². The Morgan fingerprint density at radius 1 is 0.667 bits per heavy atom. The van der Waals surface area contributed by atoms with Crippen molar-refractivity contribution in [1.29, 1.82) is 0 Å². The molecule has 0 fully saturated rings. The third-order valence-electron chi connectivity index (χ3n) is 2.73. The van der Waals surface area contributed by atoms with Crippen LogP contribution in [-0.4, -0.2) is 82.6 Å². The average Bonchev–Trinajstić information content (AvgIpc) is 2.62. The van der Waals surface area contributed by atoms with Gasteiger partial charge in [-0.25, -0.2) is 4.18 Å². The predicted molar refractivity (Wildman–Crippen MR) is 104 cm³/mol. The van der Waals surface area contributed by atoms with Gasteiger partial charge in [-0.15, -0.1) is 0 Å². The second-order valence-corrected chi connectivity index (χ2v) is 6.21. The Morgan fingerprint density at radius 2 is 1.15 bits per heavy atom. The van der Waals surface area contributed by atoms with Gasteiger partial charge in [0.25, 0.3) is 0 Å². The predicted octanol–water partition coefficient (Wildman–Crippen LogP) is 1.82. The highest BCUT2D eigenvalue weighted by Gasteiger charge is 2.02. The van der Waals surface area contributed by atoms with Crippen LogP contribution in [-0.2, 0) is 28.8 Å². The molecule has 0 aliphatic rings. The van der Waals surface area contributed by atoms with E-state index in [0.717, 1.165) is 38.9 Å². The van der Waals surface area contributed by atoms with Crippen LogP contribution in [0.15, 0.2) is 0 Å². The Balaban J connectivity index is -0.000000347. The molecule has 10 heteroatoms. The molecule has 0 aromatic carbocycles. The van der Waals surface area contributed by atoms with E-state index in [1.807, 2.05) is 13.8 Å². The van der Waals surface area contributed by atoms with Gasteiger partial charge in [0.05, 0.1) is 46.2 Å².